The number of likely N-dealkylation sites (tertiary alicyclic amines) is 1. The predicted octanol–water partition coefficient (Wildman–Crippen LogP) is 2.27. The van der Waals surface area contributed by atoms with E-state index < -0.39 is 0 Å². The summed E-state index contributed by atoms with van der Waals surface area (Å²) in [6.45, 7) is 4.93. The minimum Gasteiger partial charge on any atom is -0.483 e. The number of hydrogen-bond donors (Lipinski definition) is 1. The van der Waals surface area contributed by atoms with Crippen molar-refractivity contribution in [1.29, 1.82) is 0 Å². The molecule has 1 aromatic carbocycles. The van der Waals surface area contributed by atoms with Crippen LogP contribution in [-0.2, 0) is 17.9 Å². The largest absolute Gasteiger partial charge is 0.483 e. The van der Waals surface area contributed by atoms with Crippen LogP contribution in [0.3, 0.4) is 0 Å². The summed E-state index contributed by atoms with van der Waals surface area (Å²) in [5.74, 6) is 1.61. The van der Waals surface area contributed by atoms with Gasteiger partial charge in [-0.3, -0.25) is 4.79 Å². The van der Waals surface area contributed by atoms with Crippen molar-refractivity contribution in [3.05, 3.63) is 47.3 Å². The number of amides is 1. The topological polar surface area (TPSA) is 67.6 Å². The van der Waals surface area contributed by atoms with E-state index in [4.69, 9.17) is 9.26 Å². The summed E-state index contributed by atoms with van der Waals surface area (Å²) < 4.78 is 10.8. The van der Waals surface area contributed by atoms with Gasteiger partial charge in [0.15, 0.2) is 6.61 Å². The molecule has 128 valence electrons. The van der Waals surface area contributed by atoms with Gasteiger partial charge in [0, 0.05) is 37.8 Å². The third-order valence-corrected chi connectivity index (χ3v) is 4.08. The first-order chi connectivity index (χ1) is 11.7. The molecule has 2 aromatic rings. The smallest absolute Gasteiger partial charge is 0.260 e. The Hall–Kier alpha value is -2.34. The number of ether oxygens (including phenoxy) is 1. The van der Waals surface area contributed by atoms with Gasteiger partial charge in [0.05, 0.1) is 5.69 Å². The monoisotopic (exact) mass is 329 g/mol. The van der Waals surface area contributed by atoms with E-state index >= 15 is 0 Å². The lowest BCUT2D eigenvalue weighted by Gasteiger charge is -2.17. The van der Waals surface area contributed by atoms with Crippen LogP contribution >= 0.6 is 0 Å². The minimum absolute atomic E-state index is 0.0633. The molecule has 3 rings (SSSR count). The van der Waals surface area contributed by atoms with Crippen LogP contribution in [0.15, 0.2) is 34.9 Å². The second-order valence-corrected chi connectivity index (χ2v) is 6.02. The first-order valence-corrected chi connectivity index (χ1v) is 8.34. The highest BCUT2D eigenvalue weighted by molar-refractivity contribution is 5.78. The Bertz CT molecular complexity index is 678. The van der Waals surface area contributed by atoms with Crippen LogP contribution in [0.5, 0.6) is 5.75 Å². The molecular formula is C18H23N3O3. The summed E-state index contributed by atoms with van der Waals surface area (Å²) in [6.07, 6.45) is 2.18. The van der Waals surface area contributed by atoms with E-state index in [2.05, 4.69) is 10.5 Å². The SMILES string of the molecule is Cc1cc(CNCc2ccccc2OCC(=O)N2CCCC2)no1. The van der Waals surface area contributed by atoms with Crippen LogP contribution < -0.4 is 10.1 Å². The number of hydrogen-bond acceptors (Lipinski definition) is 5. The average Bonchev–Trinajstić information content (AvgIpc) is 3.25. The summed E-state index contributed by atoms with van der Waals surface area (Å²) in [6, 6.07) is 9.68. The Morgan fingerprint density at radius 3 is 2.83 bits per heavy atom. The summed E-state index contributed by atoms with van der Waals surface area (Å²) in [4.78, 5) is 14.0. The van der Waals surface area contributed by atoms with E-state index in [1.165, 1.54) is 0 Å². The number of benzene rings is 1. The minimum atomic E-state index is 0.0633. The molecule has 1 aliphatic rings. The van der Waals surface area contributed by atoms with Gasteiger partial charge in [0.1, 0.15) is 11.5 Å². The number of nitrogens with zero attached hydrogens (tertiary/aromatic N) is 2. The molecule has 0 atom stereocenters. The molecular weight excluding hydrogens is 306 g/mol. The van der Waals surface area contributed by atoms with Crippen LogP contribution in [0.25, 0.3) is 0 Å². The summed E-state index contributed by atoms with van der Waals surface area (Å²) in [5.41, 5.74) is 1.89. The number of aromatic nitrogens is 1. The number of nitrogens with one attached hydrogen (secondary N) is 1. The van der Waals surface area contributed by atoms with Crippen LogP contribution in [-0.4, -0.2) is 35.7 Å². The number of carbonyl (C=O) groups excluding carboxylic acids is 1. The second kappa shape index (κ2) is 7.97. The van der Waals surface area contributed by atoms with E-state index in [1.807, 2.05) is 42.2 Å². The summed E-state index contributed by atoms with van der Waals surface area (Å²) >= 11 is 0. The van der Waals surface area contributed by atoms with Gasteiger partial charge in [-0.05, 0) is 25.8 Å². The molecule has 6 heteroatoms. The molecule has 1 aromatic heterocycles. The van der Waals surface area contributed by atoms with E-state index in [0.717, 1.165) is 48.7 Å². The molecule has 1 aliphatic heterocycles. The van der Waals surface area contributed by atoms with Crippen molar-refractivity contribution < 1.29 is 14.1 Å². The fourth-order valence-electron chi connectivity index (χ4n) is 2.81. The Morgan fingerprint density at radius 1 is 1.29 bits per heavy atom. The normalized spacial score (nSPS) is 14.1. The second-order valence-electron chi connectivity index (χ2n) is 6.02. The van der Waals surface area contributed by atoms with Crippen molar-refractivity contribution in [3.8, 4) is 5.75 Å². The van der Waals surface area contributed by atoms with Gasteiger partial charge in [0.25, 0.3) is 5.91 Å². The number of rotatable bonds is 7. The van der Waals surface area contributed by atoms with Crippen molar-refractivity contribution in [1.82, 2.24) is 15.4 Å². The van der Waals surface area contributed by atoms with E-state index in [9.17, 15) is 4.79 Å². The molecule has 0 bridgehead atoms. The van der Waals surface area contributed by atoms with Gasteiger partial charge in [-0.25, -0.2) is 0 Å². The van der Waals surface area contributed by atoms with Gasteiger partial charge in [-0.15, -0.1) is 0 Å². The molecule has 6 nitrogen and oxygen atoms in total. The Morgan fingerprint density at radius 2 is 2.08 bits per heavy atom. The van der Waals surface area contributed by atoms with Crippen molar-refractivity contribution in [2.24, 2.45) is 0 Å². The first kappa shape index (κ1) is 16.5. The maximum atomic E-state index is 12.1. The standard InChI is InChI=1S/C18H23N3O3/c1-14-10-16(20-24-14)12-19-11-15-6-2-3-7-17(15)23-13-18(22)21-8-4-5-9-21/h2-3,6-7,10,19H,4-5,8-9,11-13H2,1H3. The lowest BCUT2D eigenvalue weighted by molar-refractivity contribution is -0.132. The summed E-state index contributed by atoms with van der Waals surface area (Å²) in [5, 5.41) is 7.27. The maximum Gasteiger partial charge on any atom is 0.260 e. The predicted molar refractivity (Wildman–Crippen MR) is 89.5 cm³/mol. The van der Waals surface area contributed by atoms with Crippen molar-refractivity contribution in [2.45, 2.75) is 32.9 Å². The van der Waals surface area contributed by atoms with Gasteiger partial charge in [-0.1, -0.05) is 23.4 Å². The van der Waals surface area contributed by atoms with Crippen molar-refractivity contribution in [2.75, 3.05) is 19.7 Å². The molecule has 24 heavy (non-hydrogen) atoms. The Labute approximate surface area is 141 Å². The fraction of sp³-hybridized carbons (Fsp3) is 0.444. The lowest BCUT2D eigenvalue weighted by atomic mass is 10.2. The number of para-hydroxylation sites is 1. The average molecular weight is 329 g/mol. The van der Waals surface area contributed by atoms with E-state index in [-0.39, 0.29) is 12.5 Å². The highest BCUT2D eigenvalue weighted by Gasteiger charge is 2.18. The molecule has 0 unspecified atom stereocenters. The molecule has 1 fully saturated rings. The van der Waals surface area contributed by atoms with Gasteiger partial charge >= 0.3 is 0 Å². The van der Waals surface area contributed by atoms with E-state index in [0.29, 0.717) is 13.1 Å². The third-order valence-electron chi connectivity index (χ3n) is 4.08. The molecule has 0 spiro atoms. The number of carbonyl (C=O) groups is 1. The lowest BCUT2D eigenvalue weighted by Crippen LogP contribution is -2.32. The van der Waals surface area contributed by atoms with Crippen LogP contribution in [0.1, 0.15) is 29.9 Å². The van der Waals surface area contributed by atoms with Crippen LogP contribution in [0, 0.1) is 6.92 Å². The third kappa shape index (κ3) is 4.35. The molecule has 1 saturated heterocycles. The van der Waals surface area contributed by atoms with Crippen molar-refractivity contribution >= 4 is 5.91 Å². The van der Waals surface area contributed by atoms with Crippen LogP contribution in [0.2, 0.25) is 0 Å². The van der Waals surface area contributed by atoms with Crippen molar-refractivity contribution in [3.63, 3.8) is 0 Å². The summed E-state index contributed by atoms with van der Waals surface area (Å²) in [7, 11) is 0. The fourth-order valence-corrected chi connectivity index (χ4v) is 2.81. The molecule has 0 aliphatic carbocycles. The number of aryl methyl sites for hydroxylation is 1. The Kier molecular flexibility index (Phi) is 5.48. The highest BCUT2D eigenvalue weighted by Crippen LogP contribution is 2.18. The Balaban J connectivity index is 1.51. The zero-order valence-corrected chi connectivity index (χ0v) is 14.0. The molecule has 0 radical (unpaired) electrons. The van der Waals surface area contributed by atoms with Gasteiger partial charge < -0.3 is 19.5 Å². The highest BCUT2D eigenvalue weighted by atomic mass is 16.5. The van der Waals surface area contributed by atoms with E-state index in [1.54, 1.807) is 0 Å². The quantitative estimate of drug-likeness (QED) is 0.844. The zero-order valence-electron chi connectivity index (χ0n) is 14.0. The van der Waals surface area contributed by atoms with Gasteiger partial charge in [0.2, 0.25) is 0 Å². The molecule has 0 saturated carbocycles. The molecule has 2 heterocycles. The zero-order chi connectivity index (χ0) is 16.8. The van der Waals surface area contributed by atoms with Crippen LogP contribution in [0.4, 0.5) is 0 Å². The molecule has 1 amide bonds. The maximum absolute atomic E-state index is 12.1. The van der Waals surface area contributed by atoms with Gasteiger partial charge in [-0.2, -0.15) is 0 Å². The first-order valence-electron chi connectivity index (χ1n) is 8.34. The molecule has 1 N–H and O–H groups in total.